The van der Waals surface area contributed by atoms with Crippen molar-refractivity contribution in [3.8, 4) is 0 Å². The third-order valence-corrected chi connectivity index (χ3v) is 4.15. The Kier molecular flexibility index (Phi) is 7.06. The number of morpholine rings is 1. The minimum atomic E-state index is -3.35. The van der Waals surface area contributed by atoms with E-state index in [-0.39, 0.29) is 18.3 Å². The van der Waals surface area contributed by atoms with Crippen LogP contribution in [0.2, 0.25) is 0 Å². The molecule has 0 unspecified atom stereocenters. The van der Waals surface area contributed by atoms with Gasteiger partial charge in [0.05, 0.1) is 26.4 Å². The molecule has 0 atom stereocenters. The molecule has 2 N–H and O–H groups in total. The number of thiocarbonyl (C=S) groups is 1. The summed E-state index contributed by atoms with van der Waals surface area (Å²) in [4.78, 5) is 0. The molecule has 0 aromatic heterocycles. The highest BCUT2D eigenvalue weighted by atomic mass is 32.1. The predicted molar refractivity (Wildman–Crippen MR) is 72.1 cm³/mol. The summed E-state index contributed by atoms with van der Waals surface area (Å²) >= 11 is 5.07. The highest BCUT2D eigenvalue weighted by molar-refractivity contribution is 7.81. The van der Waals surface area contributed by atoms with Gasteiger partial charge in [-0.1, -0.05) is 0 Å². The van der Waals surface area contributed by atoms with Crippen LogP contribution in [0.1, 0.15) is 13.8 Å². The average Bonchev–Trinajstić information content (AvgIpc) is 2.30. The van der Waals surface area contributed by atoms with Crippen LogP contribution in [0, 0.1) is 0 Å². The van der Waals surface area contributed by atoms with Crippen LogP contribution in [0.3, 0.4) is 0 Å². The number of ether oxygens (including phenoxy) is 1. The van der Waals surface area contributed by atoms with Crippen LogP contribution in [0.4, 0.5) is 0 Å². The Hall–Kier alpha value is -0.240. The molecule has 1 heterocycles. The second-order valence-corrected chi connectivity index (χ2v) is 5.63. The summed E-state index contributed by atoms with van der Waals surface area (Å²) in [5.74, 6) is 0. The van der Waals surface area contributed by atoms with Crippen LogP contribution in [-0.2, 0) is 18.3 Å². The number of nitrogens with one attached hydrogen (secondary N) is 2. The Morgan fingerprint density at radius 3 is 2.39 bits per heavy atom. The van der Waals surface area contributed by atoms with Crippen molar-refractivity contribution in [3.63, 3.8) is 0 Å². The molecular formula is C9H20N3O4PS. The lowest BCUT2D eigenvalue weighted by Crippen LogP contribution is -2.51. The number of rotatable bonds is 6. The molecule has 0 aromatic carbocycles. The summed E-state index contributed by atoms with van der Waals surface area (Å²) < 4.78 is 27.5. The fourth-order valence-electron chi connectivity index (χ4n) is 1.41. The van der Waals surface area contributed by atoms with E-state index in [4.69, 9.17) is 26.0 Å². The Morgan fingerprint density at radius 2 is 1.89 bits per heavy atom. The smallest absolute Gasteiger partial charge is 0.379 e. The van der Waals surface area contributed by atoms with Crippen molar-refractivity contribution in [2.24, 2.45) is 0 Å². The summed E-state index contributed by atoms with van der Waals surface area (Å²) in [6.07, 6.45) is 0. The van der Waals surface area contributed by atoms with Crippen molar-refractivity contribution in [1.29, 1.82) is 0 Å². The maximum atomic E-state index is 12.1. The first kappa shape index (κ1) is 15.8. The first-order valence-electron chi connectivity index (χ1n) is 5.90. The maximum absolute atomic E-state index is 12.1. The SMILES string of the molecule is CCOP(=O)(NC(=S)NN1CCOCC1)OCC. The van der Waals surface area contributed by atoms with E-state index in [1.807, 2.05) is 5.01 Å². The fourth-order valence-corrected chi connectivity index (χ4v) is 3.06. The van der Waals surface area contributed by atoms with Gasteiger partial charge in [-0.25, -0.2) is 9.57 Å². The average molecular weight is 297 g/mol. The molecule has 106 valence electrons. The Labute approximate surface area is 113 Å². The third kappa shape index (κ3) is 5.60. The first-order chi connectivity index (χ1) is 8.59. The van der Waals surface area contributed by atoms with Crippen molar-refractivity contribution in [3.05, 3.63) is 0 Å². The normalized spacial score (nSPS) is 17.4. The molecule has 0 saturated carbocycles. The zero-order valence-electron chi connectivity index (χ0n) is 10.7. The molecule has 7 nitrogen and oxygen atoms in total. The van der Waals surface area contributed by atoms with Crippen molar-refractivity contribution in [1.82, 2.24) is 15.5 Å². The molecule has 0 radical (unpaired) electrons. The van der Waals surface area contributed by atoms with Crippen molar-refractivity contribution < 1.29 is 18.3 Å². The van der Waals surface area contributed by atoms with Crippen LogP contribution in [0.25, 0.3) is 0 Å². The summed E-state index contributed by atoms with van der Waals surface area (Å²) in [5.41, 5.74) is 2.93. The van der Waals surface area contributed by atoms with Crippen molar-refractivity contribution >= 4 is 25.1 Å². The Bertz CT molecular complexity index is 302. The van der Waals surface area contributed by atoms with Gasteiger partial charge in [-0.05, 0) is 26.1 Å². The lowest BCUT2D eigenvalue weighted by atomic mass is 10.5. The number of hydrogen-bond acceptors (Lipinski definition) is 6. The van der Waals surface area contributed by atoms with Gasteiger partial charge in [-0.3, -0.25) is 19.6 Å². The zero-order valence-corrected chi connectivity index (χ0v) is 12.4. The van der Waals surface area contributed by atoms with E-state index in [1.54, 1.807) is 13.8 Å². The summed E-state index contributed by atoms with van der Waals surface area (Å²) in [6.45, 7) is 6.77. The monoisotopic (exact) mass is 297 g/mol. The predicted octanol–water partition coefficient (Wildman–Crippen LogP) is 0.879. The Morgan fingerprint density at radius 1 is 1.33 bits per heavy atom. The molecule has 0 aromatic rings. The first-order valence-corrected chi connectivity index (χ1v) is 7.85. The lowest BCUT2D eigenvalue weighted by molar-refractivity contribution is 0.0248. The molecule has 0 aliphatic carbocycles. The van der Waals surface area contributed by atoms with E-state index in [0.29, 0.717) is 13.2 Å². The van der Waals surface area contributed by atoms with Crippen LogP contribution in [-0.4, -0.2) is 49.6 Å². The van der Waals surface area contributed by atoms with E-state index >= 15 is 0 Å². The van der Waals surface area contributed by atoms with Gasteiger partial charge in [0.15, 0.2) is 5.11 Å². The molecule has 18 heavy (non-hydrogen) atoms. The van der Waals surface area contributed by atoms with Gasteiger partial charge in [-0.2, -0.15) is 0 Å². The van der Waals surface area contributed by atoms with Gasteiger partial charge in [0.25, 0.3) is 0 Å². The summed E-state index contributed by atoms with van der Waals surface area (Å²) in [5, 5.41) is 4.71. The quantitative estimate of drug-likeness (QED) is 0.553. The highest BCUT2D eigenvalue weighted by Crippen LogP contribution is 2.43. The minimum Gasteiger partial charge on any atom is -0.379 e. The van der Waals surface area contributed by atoms with Crippen molar-refractivity contribution in [2.75, 3.05) is 39.5 Å². The van der Waals surface area contributed by atoms with Gasteiger partial charge in [0, 0.05) is 13.1 Å². The second kappa shape index (κ2) is 8.04. The highest BCUT2D eigenvalue weighted by Gasteiger charge is 2.25. The molecule has 1 saturated heterocycles. The molecule has 0 amide bonds. The number of hydrogen-bond donors (Lipinski definition) is 2. The molecule has 1 fully saturated rings. The molecule has 9 heteroatoms. The van der Waals surface area contributed by atoms with Gasteiger partial charge in [0.2, 0.25) is 0 Å². The fraction of sp³-hybridized carbons (Fsp3) is 0.889. The van der Waals surface area contributed by atoms with Crippen molar-refractivity contribution in [2.45, 2.75) is 13.8 Å². The van der Waals surface area contributed by atoms with Crippen LogP contribution in [0.5, 0.6) is 0 Å². The van der Waals surface area contributed by atoms with Gasteiger partial charge < -0.3 is 4.74 Å². The van der Waals surface area contributed by atoms with E-state index in [1.165, 1.54) is 0 Å². The number of hydrazine groups is 1. The third-order valence-electron chi connectivity index (χ3n) is 2.11. The topological polar surface area (TPSA) is 72.1 Å². The largest absolute Gasteiger partial charge is 0.434 e. The molecule has 0 bridgehead atoms. The minimum absolute atomic E-state index is 0.224. The van der Waals surface area contributed by atoms with E-state index in [9.17, 15) is 4.57 Å². The van der Waals surface area contributed by atoms with Crippen LogP contribution >= 0.6 is 20.0 Å². The van der Waals surface area contributed by atoms with Crippen LogP contribution in [0.15, 0.2) is 0 Å². The van der Waals surface area contributed by atoms with E-state index in [2.05, 4.69) is 10.5 Å². The number of nitrogens with zero attached hydrogens (tertiary/aromatic N) is 1. The second-order valence-electron chi connectivity index (χ2n) is 3.49. The van der Waals surface area contributed by atoms with E-state index < -0.39 is 7.75 Å². The van der Waals surface area contributed by atoms with Gasteiger partial charge in [-0.15, -0.1) is 0 Å². The summed E-state index contributed by atoms with van der Waals surface area (Å²) in [6, 6.07) is 0. The van der Waals surface area contributed by atoms with E-state index in [0.717, 1.165) is 13.1 Å². The van der Waals surface area contributed by atoms with Crippen LogP contribution < -0.4 is 10.5 Å². The molecular weight excluding hydrogens is 277 g/mol. The maximum Gasteiger partial charge on any atom is 0.434 e. The lowest BCUT2D eigenvalue weighted by Gasteiger charge is -2.29. The summed E-state index contributed by atoms with van der Waals surface area (Å²) in [7, 11) is -3.35. The molecule has 1 aliphatic rings. The Balaban J connectivity index is 2.42. The standard InChI is InChI=1S/C9H20N3O4PS/c1-3-15-17(13,16-4-2)11-9(18)10-12-5-7-14-8-6-12/h3-8H2,1-2H3,(H2,10,11,13,18). The van der Waals surface area contributed by atoms with Gasteiger partial charge in [0.1, 0.15) is 0 Å². The zero-order chi connectivity index (χ0) is 13.4. The van der Waals surface area contributed by atoms with Gasteiger partial charge >= 0.3 is 7.75 Å². The molecule has 1 rings (SSSR count). The molecule has 1 aliphatic heterocycles. The molecule has 0 spiro atoms.